The lowest BCUT2D eigenvalue weighted by atomic mass is 10.1. The fourth-order valence-corrected chi connectivity index (χ4v) is 3.24. The van der Waals surface area contributed by atoms with Gasteiger partial charge >= 0.3 is 0 Å². The van der Waals surface area contributed by atoms with Gasteiger partial charge in [0.15, 0.2) is 0 Å². The molecule has 0 saturated carbocycles. The molecule has 0 aliphatic rings. The third-order valence-corrected chi connectivity index (χ3v) is 4.83. The Kier molecular flexibility index (Phi) is 4.74. The molecule has 0 radical (unpaired) electrons. The van der Waals surface area contributed by atoms with Crippen molar-refractivity contribution in [3.63, 3.8) is 0 Å². The smallest absolute Gasteiger partial charge is 0.241 e. The van der Waals surface area contributed by atoms with Crippen LogP contribution in [-0.4, -0.2) is 23.9 Å². The molecule has 0 bridgehead atoms. The zero-order valence-electron chi connectivity index (χ0n) is 13.3. The summed E-state index contributed by atoms with van der Waals surface area (Å²) in [5.74, 6) is 0.0130. The lowest BCUT2D eigenvalue weighted by molar-refractivity contribution is -0.120. The van der Waals surface area contributed by atoms with Gasteiger partial charge in [-0.2, -0.15) is 11.3 Å². The van der Waals surface area contributed by atoms with Crippen molar-refractivity contribution >= 4 is 33.7 Å². The van der Waals surface area contributed by atoms with Gasteiger partial charge in [-0.25, -0.2) is 0 Å². The van der Waals surface area contributed by atoms with E-state index in [0.717, 1.165) is 23.0 Å². The van der Waals surface area contributed by atoms with E-state index in [2.05, 4.69) is 39.2 Å². The molecule has 0 saturated heterocycles. The van der Waals surface area contributed by atoms with Crippen LogP contribution in [0.3, 0.4) is 0 Å². The van der Waals surface area contributed by atoms with Gasteiger partial charge in [0.2, 0.25) is 5.91 Å². The van der Waals surface area contributed by atoms with Gasteiger partial charge in [0.05, 0.1) is 6.04 Å². The molecule has 0 spiro atoms. The molecule has 1 heterocycles. The van der Waals surface area contributed by atoms with E-state index in [-0.39, 0.29) is 11.9 Å². The van der Waals surface area contributed by atoms with E-state index in [1.807, 2.05) is 44.3 Å². The van der Waals surface area contributed by atoms with Gasteiger partial charge in [-0.1, -0.05) is 36.4 Å². The van der Waals surface area contributed by atoms with Gasteiger partial charge in [-0.05, 0) is 47.8 Å². The summed E-state index contributed by atoms with van der Waals surface area (Å²) >= 11 is 1.68. The van der Waals surface area contributed by atoms with Gasteiger partial charge in [-0.15, -0.1) is 0 Å². The van der Waals surface area contributed by atoms with Crippen LogP contribution in [0, 0.1) is 0 Å². The van der Waals surface area contributed by atoms with Crippen molar-refractivity contribution in [2.45, 2.75) is 19.5 Å². The molecule has 1 N–H and O–H groups in total. The van der Waals surface area contributed by atoms with E-state index in [0.29, 0.717) is 0 Å². The second-order valence-electron chi connectivity index (χ2n) is 5.74. The average Bonchev–Trinajstić information content (AvgIpc) is 3.07. The van der Waals surface area contributed by atoms with Gasteiger partial charge in [0.25, 0.3) is 0 Å². The number of nitrogens with zero attached hydrogens (tertiary/aromatic N) is 1. The Labute approximate surface area is 140 Å². The molecule has 0 aliphatic heterocycles. The van der Waals surface area contributed by atoms with Crippen molar-refractivity contribution in [1.29, 1.82) is 0 Å². The molecule has 4 heteroatoms. The Morgan fingerprint density at radius 2 is 1.96 bits per heavy atom. The molecule has 1 amide bonds. The average molecular weight is 324 g/mol. The number of carbonyl (C=O) groups is 1. The minimum Gasteiger partial charge on any atom is -0.324 e. The summed E-state index contributed by atoms with van der Waals surface area (Å²) in [4.78, 5) is 14.6. The van der Waals surface area contributed by atoms with Crippen LogP contribution in [0.15, 0.2) is 59.3 Å². The SMILES string of the molecule is C[C@H](C(=O)Nc1cccc2ccccc12)N(C)Cc1ccsc1. The van der Waals surface area contributed by atoms with Crippen molar-refractivity contribution in [2.24, 2.45) is 0 Å². The third-order valence-electron chi connectivity index (χ3n) is 4.10. The highest BCUT2D eigenvalue weighted by Gasteiger charge is 2.19. The molecule has 1 atom stereocenters. The Morgan fingerprint density at radius 3 is 2.74 bits per heavy atom. The molecule has 118 valence electrons. The highest BCUT2D eigenvalue weighted by atomic mass is 32.1. The summed E-state index contributed by atoms with van der Waals surface area (Å²) in [6.45, 7) is 2.71. The number of hydrogen-bond donors (Lipinski definition) is 1. The Morgan fingerprint density at radius 1 is 1.17 bits per heavy atom. The Balaban J connectivity index is 1.72. The number of thiophene rings is 1. The van der Waals surface area contributed by atoms with Crippen LogP contribution in [0.1, 0.15) is 12.5 Å². The van der Waals surface area contributed by atoms with Crippen LogP contribution >= 0.6 is 11.3 Å². The van der Waals surface area contributed by atoms with E-state index in [1.54, 1.807) is 11.3 Å². The van der Waals surface area contributed by atoms with Crippen molar-refractivity contribution in [1.82, 2.24) is 4.90 Å². The summed E-state index contributed by atoms with van der Waals surface area (Å²) in [5.41, 5.74) is 2.10. The Hall–Kier alpha value is -2.17. The van der Waals surface area contributed by atoms with Gasteiger partial charge < -0.3 is 5.32 Å². The Bertz CT molecular complexity index is 793. The first-order valence-electron chi connectivity index (χ1n) is 7.65. The van der Waals surface area contributed by atoms with Gasteiger partial charge in [0, 0.05) is 17.6 Å². The van der Waals surface area contributed by atoms with Crippen LogP contribution in [0.4, 0.5) is 5.69 Å². The number of benzene rings is 2. The lowest BCUT2D eigenvalue weighted by Crippen LogP contribution is -2.39. The van der Waals surface area contributed by atoms with Crippen LogP contribution in [0.25, 0.3) is 10.8 Å². The molecule has 3 nitrogen and oxygen atoms in total. The molecular weight excluding hydrogens is 304 g/mol. The predicted octanol–water partition coefficient (Wildman–Crippen LogP) is 4.36. The number of rotatable bonds is 5. The second kappa shape index (κ2) is 6.94. The van der Waals surface area contributed by atoms with Gasteiger partial charge in [-0.3, -0.25) is 9.69 Å². The maximum absolute atomic E-state index is 12.6. The highest BCUT2D eigenvalue weighted by Crippen LogP contribution is 2.23. The number of carbonyl (C=O) groups excluding carboxylic acids is 1. The number of nitrogens with one attached hydrogen (secondary N) is 1. The van der Waals surface area contributed by atoms with E-state index in [4.69, 9.17) is 0 Å². The van der Waals surface area contributed by atoms with Crippen LogP contribution < -0.4 is 5.32 Å². The number of amides is 1. The zero-order chi connectivity index (χ0) is 16.2. The van der Waals surface area contributed by atoms with Crippen molar-refractivity contribution in [3.8, 4) is 0 Å². The van der Waals surface area contributed by atoms with E-state index >= 15 is 0 Å². The fraction of sp³-hybridized carbons (Fsp3) is 0.211. The fourth-order valence-electron chi connectivity index (χ4n) is 2.58. The molecule has 0 fully saturated rings. The largest absolute Gasteiger partial charge is 0.324 e. The quantitative estimate of drug-likeness (QED) is 0.756. The minimum absolute atomic E-state index is 0.0130. The highest BCUT2D eigenvalue weighted by molar-refractivity contribution is 7.07. The first-order valence-corrected chi connectivity index (χ1v) is 8.59. The normalized spacial score (nSPS) is 12.5. The molecule has 23 heavy (non-hydrogen) atoms. The summed E-state index contributed by atoms with van der Waals surface area (Å²) in [7, 11) is 1.98. The van der Waals surface area contributed by atoms with E-state index in [9.17, 15) is 4.79 Å². The summed E-state index contributed by atoms with van der Waals surface area (Å²) in [6.07, 6.45) is 0. The van der Waals surface area contributed by atoms with E-state index in [1.165, 1.54) is 5.56 Å². The van der Waals surface area contributed by atoms with Crippen molar-refractivity contribution in [3.05, 3.63) is 64.9 Å². The number of anilines is 1. The summed E-state index contributed by atoms with van der Waals surface area (Å²) in [5, 5.41) is 9.44. The van der Waals surface area contributed by atoms with Crippen molar-refractivity contribution in [2.75, 3.05) is 12.4 Å². The molecule has 0 aliphatic carbocycles. The van der Waals surface area contributed by atoms with Crippen molar-refractivity contribution < 1.29 is 4.79 Å². The third kappa shape index (κ3) is 3.60. The standard InChI is InChI=1S/C19H20N2OS/c1-14(21(2)12-15-10-11-23-13-15)19(22)20-18-9-5-7-16-6-3-4-8-17(16)18/h3-11,13-14H,12H2,1-2H3,(H,20,22)/t14-/m1/s1. The molecule has 1 aromatic heterocycles. The number of hydrogen-bond acceptors (Lipinski definition) is 3. The van der Waals surface area contributed by atoms with Crippen LogP contribution in [0.5, 0.6) is 0 Å². The summed E-state index contributed by atoms with van der Waals surface area (Å²) in [6, 6.07) is 15.9. The first kappa shape index (κ1) is 15.7. The minimum atomic E-state index is -0.200. The first-order chi connectivity index (χ1) is 11.1. The van der Waals surface area contributed by atoms with Gasteiger partial charge in [0.1, 0.15) is 0 Å². The summed E-state index contributed by atoms with van der Waals surface area (Å²) < 4.78 is 0. The lowest BCUT2D eigenvalue weighted by Gasteiger charge is -2.23. The maximum Gasteiger partial charge on any atom is 0.241 e. The molecule has 0 unspecified atom stereocenters. The zero-order valence-corrected chi connectivity index (χ0v) is 14.1. The maximum atomic E-state index is 12.6. The molecular formula is C19H20N2OS. The monoisotopic (exact) mass is 324 g/mol. The molecule has 2 aromatic carbocycles. The topological polar surface area (TPSA) is 32.3 Å². The molecule has 3 rings (SSSR count). The van der Waals surface area contributed by atoms with Crippen LogP contribution in [-0.2, 0) is 11.3 Å². The van der Waals surface area contributed by atoms with E-state index < -0.39 is 0 Å². The molecule has 3 aromatic rings. The number of fused-ring (bicyclic) bond motifs is 1. The second-order valence-corrected chi connectivity index (χ2v) is 6.52. The van der Waals surface area contributed by atoms with Crippen LogP contribution in [0.2, 0.25) is 0 Å². The predicted molar refractivity (Wildman–Crippen MR) is 97.8 cm³/mol. The number of likely N-dealkylation sites (N-methyl/N-ethyl adjacent to an activating group) is 1.